The van der Waals surface area contributed by atoms with Crippen LogP contribution in [0.15, 0.2) is 48.8 Å². The average Bonchev–Trinajstić information content (AvgIpc) is 3.32. The molecule has 146 valence electrons. The van der Waals surface area contributed by atoms with Crippen molar-refractivity contribution in [3.63, 3.8) is 0 Å². The molecule has 1 saturated heterocycles. The number of imidazole rings is 1. The molecule has 3 N–H and O–H groups in total. The predicted molar refractivity (Wildman–Crippen MR) is 104 cm³/mol. The van der Waals surface area contributed by atoms with E-state index >= 15 is 0 Å². The van der Waals surface area contributed by atoms with Gasteiger partial charge in [0.05, 0.1) is 24.9 Å². The Bertz CT molecular complexity index is 954. The van der Waals surface area contributed by atoms with E-state index in [0.29, 0.717) is 30.2 Å². The maximum Gasteiger partial charge on any atom is 0.241 e. The highest BCUT2D eigenvalue weighted by atomic mass is 16.5. The number of fused-ring (bicyclic) bond motifs is 1. The minimum atomic E-state index is -0.490. The monoisotopic (exact) mass is 382 g/mol. The first kappa shape index (κ1) is 18.3. The fourth-order valence-corrected chi connectivity index (χ4v) is 3.22. The lowest BCUT2D eigenvalue weighted by molar-refractivity contribution is -0.117. The van der Waals surface area contributed by atoms with E-state index in [4.69, 9.17) is 9.47 Å². The summed E-state index contributed by atoms with van der Waals surface area (Å²) in [6.07, 6.45) is 3.75. The number of nitrogens with one attached hydrogen (secondary N) is 2. The third-order valence-corrected chi connectivity index (χ3v) is 4.64. The van der Waals surface area contributed by atoms with Crippen molar-refractivity contribution in [3.8, 4) is 11.5 Å². The van der Waals surface area contributed by atoms with Gasteiger partial charge >= 0.3 is 0 Å². The first-order valence-corrected chi connectivity index (χ1v) is 9.08. The number of aliphatic hydroxyl groups is 1. The summed E-state index contributed by atoms with van der Waals surface area (Å²) in [5.74, 6) is 0.890. The molecule has 1 fully saturated rings. The highest BCUT2D eigenvalue weighted by Gasteiger charge is 2.28. The van der Waals surface area contributed by atoms with Gasteiger partial charge in [0.2, 0.25) is 5.91 Å². The molecule has 3 aromatic rings. The lowest BCUT2D eigenvalue weighted by Crippen LogP contribution is -2.35. The van der Waals surface area contributed by atoms with Gasteiger partial charge in [-0.25, -0.2) is 4.98 Å². The summed E-state index contributed by atoms with van der Waals surface area (Å²) in [7, 11) is 1.56. The molecule has 2 unspecified atom stereocenters. The number of benzene rings is 1. The zero-order chi connectivity index (χ0) is 19.5. The summed E-state index contributed by atoms with van der Waals surface area (Å²) in [5.41, 5.74) is 2.23. The van der Waals surface area contributed by atoms with Gasteiger partial charge in [0.25, 0.3) is 0 Å². The Kier molecular flexibility index (Phi) is 5.14. The first-order chi connectivity index (χ1) is 13.6. The molecule has 0 radical (unpaired) electrons. The Morgan fingerprint density at radius 1 is 1.36 bits per heavy atom. The first-order valence-electron chi connectivity index (χ1n) is 9.08. The number of aromatic nitrogens is 2. The molecule has 0 aliphatic carbocycles. The predicted octanol–water partition coefficient (Wildman–Crippen LogP) is 1.58. The number of methoxy groups -OCH3 is 1. The average molecular weight is 382 g/mol. The van der Waals surface area contributed by atoms with Crippen LogP contribution in [-0.4, -0.2) is 46.2 Å². The number of rotatable bonds is 6. The largest absolute Gasteiger partial charge is 0.493 e. The maximum atomic E-state index is 12.3. The topological polar surface area (TPSA) is 97.1 Å². The molecule has 1 aliphatic heterocycles. The minimum Gasteiger partial charge on any atom is -0.493 e. The van der Waals surface area contributed by atoms with Crippen molar-refractivity contribution in [2.24, 2.45) is 0 Å². The second-order valence-electron chi connectivity index (χ2n) is 6.69. The van der Waals surface area contributed by atoms with Gasteiger partial charge < -0.3 is 29.6 Å². The molecule has 4 rings (SSSR count). The summed E-state index contributed by atoms with van der Waals surface area (Å²) in [5, 5.41) is 15.4. The van der Waals surface area contributed by atoms with Gasteiger partial charge in [-0.2, -0.15) is 0 Å². The molecule has 1 aliphatic rings. The third kappa shape index (κ3) is 3.92. The molecule has 3 heterocycles. The summed E-state index contributed by atoms with van der Waals surface area (Å²) < 4.78 is 13.2. The van der Waals surface area contributed by atoms with Crippen LogP contribution in [0.2, 0.25) is 0 Å². The van der Waals surface area contributed by atoms with Crippen LogP contribution >= 0.6 is 0 Å². The summed E-state index contributed by atoms with van der Waals surface area (Å²) in [6, 6.07) is 10.6. The van der Waals surface area contributed by atoms with Crippen molar-refractivity contribution in [1.82, 2.24) is 14.7 Å². The van der Waals surface area contributed by atoms with Crippen LogP contribution in [-0.2, 0) is 11.4 Å². The summed E-state index contributed by atoms with van der Waals surface area (Å²) >= 11 is 0. The van der Waals surface area contributed by atoms with Crippen LogP contribution in [0.1, 0.15) is 12.1 Å². The van der Waals surface area contributed by atoms with E-state index in [1.807, 2.05) is 35.0 Å². The van der Waals surface area contributed by atoms with Gasteiger partial charge in [0.1, 0.15) is 12.3 Å². The van der Waals surface area contributed by atoms with Crippen molar-refractivity contribution in [3.05, 3.63) is 54.5 Å². The molecule has 1 aromatic carbocycles. The second kappa shape index (κ2) is 7.87. The molecule has 0 bridgehead atoms. The van der Waals surface area contributed by atoms with Crippen LogP contribution in [0.25, 0.3) is 5.65 Å². The number of pyridine rings is 1. The van der Waals surface area contributed by atoms with Crippen molar-refractivity contribution >= 4 is 17.2 Å². The van der Waals surface area contributed by atoms with E-state index in [1.54, 1.807) is 25.3 Å². The Morgan fingerprint density at radius 2 is 2.25 bits per heavy atom. The molecule has 2 aromatic heterocycles. The minimum absolute atomic E-state index is 0.187. The number of hydrogen-bond donors (Lipinski definition) is 3. The number of hydrogen-bond acceptors (Lipinski definition) is 6. The number of ether oxygens (including phenoxy) is 2. The highest BCUT2D eigenvalue weighted by molar-refractivity contribution is 5.95. The Balaban J connectivity index is 1.46. The normalized spacial score (nSPS) is 18.9. The molecule has 0 saturated carbocycles. The second-order valence-corrected chi connectivity index (χ2v) is 6.69. The third-order valence-electron chi connectivity index (χ3n) is 4.64. The van der Waals surface area contributed by atoms with Crippen molar-refractivity contribution < 1.29 is 19.4 Å². The number of nitrogens with zero attached hydrogens (tertiary/aromatic N) is 2. The molecular formula is C20H22N4O4. The van der Waals surface area contributed by atoms with Gasteiger partial charge in [-0.05, 0) is 30.7 Å². The van der Waals surface area contributed by atoms with E-state index in [0.717, 1.165) is 11.3 Å². The molecular weight excluding hydrogens is 360 g/mol. The van der Waals surface area contributed by atoms with E-state index < -0.39 is 12.1 Å². The van der Waals surface area contributed by atoms with E-state index in [-0.39, 0.29) is 12.5 Å². The van der Waals surface area contributed by atoms with Gasteiger partial charge in [-0.3, -0.25) is 4.79 Å². The Hall–Kier alpha value is -3.10. The van der Waals surface area contributed by atoms with E-state index in [1.165, 1.54) is 0 Å². The van der Waals surface area contributed by atoms with Gasteiger partial charge in [-0.1, -0.05) is 6.07 Å². The van der Waals surface area contributed by atoms with Crippen molar-refractivity contribution in [2.75, 3.05) is 19.0 Å². The zero-order valence-corrected chi connectivity index (χ0v) is 15.5. The molecule has 1 amide bonds. The number of carbonyl (C=O) groups excluding carboxylic acids is 1. The molecule has 28 heavy (non-hydrogen) atoms. The van der Waals surface area contributed by atoms with Crippen LogP contribution in [0, 0.1) is 0 Å². The van der Waals surface area contributed by atoms with E-state index in [9.17, 15) is 9.90 Å². The Morgan fingerprint density at radius 3 is 3.00 bits per heavy atom. The lowest BCUT2D eigenvalue weighted by Gasteiger charge is -2.14. The standard InChI is InChI=1S/C20H22N4O4/c1-27-17-6-5-13(23-20(26)16-9-15(25)10-21-16)8-18(17)28-12-14-11-24-7-3-2-4-19(24)22-14/h2-8,11,15-16,21,25H,9-10,12H2,1H3,(H,23,26). The van der Waals surface area contributed by atoms with Crippen LogP contribution in [0.3, 0.4) is 0 Å². The van der Waals surface area contributed by atoms with Crippen LogP contribution < -0.4 is 20.1 Å². The molecule has 8 nitrogen and oxygen atoms in total. The molecule has 2 atom stereocenters. The van der Waals surface area contributed by atoms with Gasteiger partial charge in [0, 0.05) is 30.7 Å². The van der Waals surface area contributed by atoms with Crippen LogP contribution in [0.5, 0.6) is 11.5 Å². The zero-order valence-electron chi connectivity index (χ0n) is 15.5. The fraction of sp³-hybridized carbons (Fsp3) is 0.300. The van der Waals surface area contributed by atoms with E-state index in [2.05, 4.69) is 15.6 Å². The highest BCUT2D eigenvalue weighted by Crippen LogP contribution is 2.31. The fourth-order valence-electron chi connectivity index (χ4n) is 3.22. The Labute approximate surface area is 162 Å². The maximum absolute atomic E-state index is 12.3. The summed E-state index contributed by atoms with van der Waals surface area (Å²) in [6.45, 7) is 0.694. The SMILES string of the molecule is COc1ccc(NC(=O)C2CC(O)CN2)cc1OCc1cn2ccccc2n1. The number of amides is 1. The quantitative estimate of drug-likeness (QED) is 0.599. The lowest BCUT2D eigenvalue weighted by atomic mass is 10.2. The molecule has 0 spiro atoms. The smallest absolute Gasteiger partial charge is 0.241 e. The molecule has 8 heteroatoms. The number of carbonyl (C=O) groups is 1. The number of aliphatic hydroxyl groups excluding tert-OH is 1. The summed E-state index contributed by atoms with van der Waals surface area (Å²) in [4.78, 5) is 16.8. The van der Waals surface area contributed by atoms with Crippen molar-refractivity contribution in [2.45, 2.75) is 25.2 Å². The van der Waals surface area contributed by atoms with Crippen LogP contribution in [0.4, 0.5) is 5.69 Å². The van der Waals surface area contributed by atoms with Gasteiger partial charge in [0.15, 0.2) is 11.5 Å². The number of β-amino-alcohol motifs (C(OH)–C–C–N with tert-alkyl or cyclic N) is 1. The number of anilines is 1. The van der Waals surface area contributed by atoms with Gasteiger partial charge in [-0.15, -0.1) is 0 Å². The van der Waals surface area contributed by atoms with Crippen molar-refractivity contribution in [1.29, 1.82) is 0 Å².